The van der Waals surface area contributed by atoms with Crippen molar-refractivity contribution in [1.82, 2.24) is 4.98 Å². The molecule has 0 radical (unpaired) electrons. The summed E-state index contributed by atoms with van der Waals surface area (Å²) in [7, 11) is 0. The smallest absolute Gasteiger partial charge is 0.142 e. The lowest BCUT2D eigenvalue weighted by molar-refractivity contribution is 0.302. The Balaban J connectivity index is 1.91. The monoisotopic (exact) mass is 323 g/mol. The zero-order valence-electron chi connectivity index (χ0n) is 11.7. The number of rotatable bonds is 4. The summed E-state index contributed by atoms with van der Waals surface area (Å²) < 4.78 is 46.4. The van der Waals surface area contributed by atoms with Gasteiger partial charge in [0.15, 0.2) is 0 Å². The highest BCUT2D eigenvalue weighted by atomic mass is 32.1. The van der Waals surface area contributed by atoms with Gasteiger partial charge in [-0.25, -0.2) is 18.2 Å². The van der Waals surface area contributed by atoms with Crippen molar-refractivity contribution in [3.63, 3.8) is 0 Å². The molecule has 0 amide bonds. The van der Waals surface area contributed by atoms with Crippen LogP contribution < -0.4 is 4.74 Å². The summed E-state index contributed by atoms with van der Waals surface area (Å²) in [6.45, 7) is 1.85. The first kappa shape index (κ1) is 14.8. The quantitative estimate of drug-likeness (QED) is 0.684. The summed E-state index contributed by atoms with van der Waals surface area (Å²) in [6.07, 6.45) is 0.743. The Bertz CT molecular complexity index is 832. The molecule has 114 valence electrons. The van der Waals surface area contributed by atoms with Gasteiger partial charge in [-0.05, 0) is 18.6 Å². The average molecular weight is 323 g/mol. The molecule has 0 aliphatic heterocycles. The van der Waals surface area contributed by atoms with Crippen molar-refractivity contribution in [3.05, 3.63) is 58.4 Å². The summed E-state index contributed by atoms with van der Waals surface area (Å²) in [5.74, 6) is -1.48. The average Bonchev–Trinajstić information content (AvgIpc) is 2.89. The van der Waals surface area contributed by atoms with Crippen LogP contribution in [0.4, 0.5) is 13.2 Å². The van der Waals surface area contributed by atoms with Gasteiger partial charge in [0.1, 0.15) is 29.8 Å². The predicted octanol–water partition coefficient (Wildman–Crippen LogP) is 4.86. The molecular weight excluding hydrogens is 311 g/mol. The van der Waals surface area contributed by atoms with Crippen molar-refractivity contribution >= 4 is 21.6 Å². The van der Waals surface area contributed by atoms with Gasteiger partial charge >= 0.3 is 0 Å². The lowest BCUT2D eigenvalue weighted by Gasteiger charge is -2.08. The topological polar surface area (TPSA) is 22.1 Å². The fourth-order valence-electron chi connectivity index (χ4n) is 2.07. The standard InChI is InChI=1S/C16H12F3NOS/c1-2-15-20-13-6-11(18)7-14(16(13)22-15)21-8-9-3-4-10(17)5-12(9)19/h3-7H,2,8H2,1H3. The Morgan fingerprint density at radius 3 is 2.64 bits per heavy atom. The minimum atomic E-state index is -0.689. The third-order valence-electron chi connectivity index (χ3n) is 3.17. The number of hydrogen-bond acceptors (Lipinski definition) is 3. The molecule has 1 aromatic heterocycles. The van der Waals surface area contributed by atoms with E-state index < -0.39 is 17.5 Å². The van der Waals surface area contributed by atoms with E-state index in [9.17, 15) is 13.2 Å². The molecular formula is C16H12F3NOS. The maximum atomic E-state index is 13.6. The van der Waals surface area contributed by atoms with Crippen LogP contribution in [0.15, 0.2) is 30.3 Å². The lowest BCUT2D eigenvalue weighted by atomic mass is 10.2. The zero-order valence-corrected chi connectivity index (χ0v) is 12.5. The van der Waals surface area contributed by atoms with Gasteiger partial charge in [-0.15, -0.1) is 11.3 Å². The van der Waals surface area contributed by atoms with E-state index >= 15 is 0 Å². The molecule has 3 aromatic rings. The SMILES string of the molecule is CCc1nc2cc(F)cc(OCc3ccc(F)cc3F)c2s1. The molecule has 0 atom stereocenters. The fourth-order valence-corrected chi connectivity index (χ4v) is 3.02. The van der Waals surface area contributed by atoms with E-state index in [0.29, 0.717) is 11.3 Å². The van der Waals surface area contributed by atoms with Gasteiger partial charge in [-0.2, -0.15) is 0 Å². The Labute approximate surface area is 129 Å². The molecule has 0 unspecified atom stereocenters. The first-order valence-electron chi connectivity index (χ1n) is 6.72. The summed E-state index contributed by atoms with van der Waals surface area (Å²) in [6, 6.07) is 5.86. The highest BCUT2D eigenvalue weighted by molar-refractivity contribution is 7.19. The minimum absolute atomic E-state index is 0.107. The largest absolute Gasteiger partial charge is 0.487 e. The molecule has 0 aliphatic rings. The molecule has 2 aromatic carbocycles. The van der Waals surface area contributed by atoms with Crippen LogP contribution in [0.25, 0.3) is 10.2 Å². The molecule has 0 N–H and O–H groups in total. The summed E-state index contributed by atoms with van der Waals surface area (Å²) in [5, 5.41) is 0.874. The van der Waals surface area contributed by atoms with Crippen LogP contribution in [0.5, 0.6) is 5.75 Å². The van der Waals surface area contributed by atoms with Crippen molar-refractivity contribution in [2.24, 2.45) is 0 Å². The third-order valence-corrected chi connectivity index (χ3v) is 4.40. The molecule has 0 bridgehead atoms. The number of aromatic nitrogens is 1. The third kappa shape index (κ3) is 2.92. The summed E-state index contributed by atoms with van der Waals surface area (Å²) in [4.78, 5) is 4.31. The van der Waals surface area contributed by atoms with Gasteiger partial charge < -0.3 is 4.74 Å². The molecule has 2 nitrogen and oxygen atoms in total. The molecule has 0 aliphatic carbocycles. The van der Waals surface area contributed by atoms with Gasteiger partial charge in [0.2, 0.25) is 0 Å². The zero-order chi connectivity index (χ0) is 15.7. The van der Waals surface area contributed by atoms with Gasteiger partial charge in [-0.1, -0.05) is 6.92 Å². The fraction of sp³-hybridized carbons (Fsp3) is 0.188. The van der Waals surface area contributed by atoms with Crippen molar-refractivity contribution in [2.75, 3.05) is 0 Å². The van der Waals surface area contributed by atoms with Gasteiger partial charge in [0.05, 0.1) is 15.2 Å². The first-order valence-corrected chi connectivity index (χ1v) is 7.54. The number of thiazole rings is 1. The molecule has 22 heavy (non-hydrogen) atoms. The van der Waals surface area contributed by atoms with Crippen LogP contribution in [0.1, 0.15) is 17.5 Å². The molecule has 3 rings (SSSR count). The van der Waals surface area contributed by atoms with E-state index in [1.165, 1.54) is 29.5 Å². The maximum absolute atomic E-state index is 13.6. The summed E-state index contributed by atoms with van der Waals surface area (Å²) >= 11 is 1.42. The Hall–Kier alpha value is -2.08. The molecule has 0 saturated carbocycles. The number of fused-ring (bicyclic) bond motifs is 1. The van der Waals surface area contributed by atoms with E-state index in [-0.39, 0.29) is 12.2 Å². The highest BCUT2D eigenvalue weighted by Gasteiger charge is 2.12. The Morgan fingerprint density at radius 2 is 1.91 bits per heavy atom. The number of ether oxygens (including phenoxy) is 1. The van der Waals surface area contributed by atoms with Gasteiger partial charge in [0.25, 0.3) is 0 Å². The number of aryl methyl sites for hydroxylation is 1. The van der Waals surface area contributed by atoms with Gasteiger partial charge in [-0.3, -0.25) is 0 Å². The van der Waals surface area contributed by atoms with Crippen LogP contribution in [0, 0.1) is 17.5 Å². The molecule has 0 fully saturated rings. The molecule has 6 heteroatoms. The van der Waals surface area contributed by atoms with Gasteiger partial charge in [0, 0.05) is 23.8 Å². The van der Waals surface area contributed by atoms with Crippen molar-refractivity contribution < 1.29 is 17.9 Å². The molecule has 0 spiro atoms. The van der Waals surface area contributed by atoms with Crippen molar-refractivity contribution in [1.29, 1.82) is 0 Å². The van der Waals surface area contributed by atoms with Crippen LogP contribution in [-0.4, -0.2) is 4.98 Å². The highest BCUT2D eigenvalue weighted by Crippen LogP contribution is 2.33. The molecule has 1 heterocycles. The van der Waals surface area contributed by atoms with Crippen LogP contribution in [-0.2, 0) is 13.0 Å². The van der Waals surface area contributed by atoms with E-state index in [4.69, 9.17) is 4.74 Å². The number of nitrogens with zero attached hydrogens (tertiary/aromatic N) is 1. The normalized spacial score (nSPS) is 11.1. The second-order valence-corrected chi connectivity index (χ2v) is 5.82. The lowest BCUT2D eigenvalue weighted by Crippen LogP contribution is -1.99. The van der Waals surface area contributed by atoms with Crippen LogP contribution in [0.3, 0.4) is 0 Å². The second-order valence-electron chi connectivity index (χ2n) is 4.74. The Kier molecular flexibility index (Phi) is 4.02. The van der Waals surface area contributed by atoms with Crippen molar-refractivity contribution in [2.45, 2.75) is 20.0 Å². The summed E-state index contributed by atoms with van der Waals surface area (Å²) in [5.41, 5.74) is 0.732. The van der Waals surface area contributed by atoms with Crippen molar-refractivity contribution in [3.8, 4) is 5.75 Å². The number of halogens is 3. The van der Waals surface area contributed by atoms with E-state index in [1.807, 2.05) is 6.92 Å². The van der Waals surface area contributed by atoms with E-state index in [2.05, 4.69) is 4.98 Å². The predicted molar refractivity (Wildman–Crippen MR) is 79.6 cm³/mol. The van der Waals surface area contributed by atoms with Crippen LogP contribution in [0.2, 0.25) is 0 Å². The van der Waals surface area contributed by atoms with Crippen LogP contribution >= 0.6 is 11.3 Å². The number of benzene rings is 2. The number of hydrogen-bond donors (Lipinski definition) is 0. The first-order chi connectivity index (χ1) is 10.6. The molecule has 0 saturated heterocycles. The van der Waals surface area contributed by atoms with E-state index in [1.54, 1.807) is 0 Å². The Morgan fingerprint density at radius 1 is 1.09 bits per heavy atom. The minimum Gasteiger partial charge on any atom is -0.487 e. The maximum Gasteiger partial charge on any atom is 0.142 e. The van der Waals surface area contributed by atoms with E-state index in [0.717, 1.165) is 28.3 Å². The second kappa shape index (κ2) is 5.96.